The van der Waals surface area contributed by atoms with Crippen molar-refractivity contribution in [2.45, 2.75) is 78.1 Å². The van der Waals surface area contributed by atoms with Crippen LogP contribution in [0, 0.1) is 0 Å². The summed E-state index contributed by atoms with van der Waals surface area (Å²) < 4.78 is 17.4. The Labute approximate surface area is 227 Å². The number of carbonyl (C=O) groups is 1. The fourth-order valence-corrected chi connectivity index (χ4v) is 4.57. The van der Waals surface area contributed by atoms with E-state index >= 15 is 0 Å². The lowest BCUT2D eigenvalue weighted by Gasteiger charge is -2.08. The van der Waals surface area contributed by atoms with Gasteiger partial charge in [0.2, 0.25) is 0 Å². The first-order chi connectivity index (χ1) is 18.7. The van der Waals surface area contributed by atoms with E-state index in [0.717, 1.165) is 40.9 Å². The number of carbonyl (C=O) groups excluding carboxylic acids is 1. The van der Waals surface area contributed by atoms with Crippen LogP contribution in [-0.4, -0.2) is 12.6 Å². The third-order valence-electron chi connectivity index (χ3n) is 6.86. The normalized spacial score (nSPS) is 11.1. The van der Waals surface area contributed by atoms with E-state index in [1.807, 2.05) is 30.3 Å². The van der Waals surface area contributed by atoms with E-state index in [-0.39, 0.29) is 0 Å². The van der Waals surface area contributed by atoms with Crippen LogP contribution in [0.3, 0.4) is 0 Å². The van der Waals surface area contributed by atoms with Gasteiger partial charge in [-0.15, -0.1) is 0 Å². The average Bonchev–Trinajstić information content (AvgIpc) is 3.38. The Morgan fingerprint density at radius 1 is 0.711 bits per heavy atom. The number of fused-ring (bicyclic) bond motifs is 1. The third-order valence-corrected chi connectivity index (χ3v) is 6.86. The van der Waals surface area contributed by atoms with Crippen LogP contribution in [0.4, 0.5) is 0 Å². The van der Waals surface area contributed by atoms with Gasteiger partial charge < -0.3 is 13.9 Å². The van der Waals surface area contributed by atoms with Crippen LogP contribution in [0.2, 0.25) is 0 Å². The number of unbranched alkanes of at least 4 members (excludes halogenated alkanes) is 7. The van der Waals surface area contributed by atoms with Crippen LogP contribution in [0.15, 0.2) is 77.2 Å². The molecule has 200 valence electrons. The van der Waals surface area contributed by atoms with E-state index in [1.165, 1.54) is 56.9 Å². The Morgan fingerprint density at radius 2 is 1.39 bits per heavy atom. The molecule has 4 nitrogen and oxygen atoms in total. The molecule has 4 rings (SSSR count). The molecule has 0 bridgehead atoms. The number of rotatable bonds is 15. The van der Waals surface area contributed by atoms with E-state index in [4.69, 9.17) is 13.9 Å². The van der Waals surface area contributed by atoms with Gasteiger partial charge >= 0.3 is 5.97 Å². The van der Waals surface area contributed by atoms with Gasteiger partial charge in [0.1, 0.15) is 22.8 Å². The highest BCUT2D eigenvalue weighted by Crippen LogP contribution is 2.29. The van der Waals surface area contributed by atoms with Crippen molar-refractivity contribution >= 4 is 16.9 Å². The van der Waals surface area contributed by atoms with Crippen molar-refractivity contribution in [2.24, 2.45) is 0 Å². The standard InChI is InChI=1S/C34H40O4/c1-3-5-7-9-10-12-26-13-15-27(16-14-26)33-25-29-24-28(17-22-32(29)38-33)34(35)37-31-20-18-30(19-21-31)36-23-11-8-6-4-2/h13-22,24-25H,3-12,23H2,1-2H3. The quantitative estimate of drug-likeness (QED) is 0.0903. The molecule has 0 saturated carbocycles. The van der Waals surface area contributed by atoms with Crippen molar-refractivity contribution in [3.05, 3.63) is 83.9 Å². The SMILES string of the molecule is CCCCCCCc1ccc(-c2cc3cc(C(=O)Oc4ccc(OCCCCCC)cc4)ccc3o2)cc1. The number of ether oxygens (including phenoxy) is 2. The molecule has 0 saturated heterocycles. The van der Waals surface area contributed by atoms with E-state index < -0.39 is 5.97 Å². The van der Waals surface area contributed by atoms with Crippen LogP contribution in [0.25, 0.3) is 22.3 Å². The van der Waals surface area contributed by atoms with Crippen LogP contribution in [-0.2, 0) is 6.42 Å². The maximum Gasteiger partial charge on any atom is 0.343 e. The Kier molecular flexibility index (Phi) is 10.4. The zero-order valence-corrected chi connectivity index (χ0v) is 22.8. The Hall–Kier alpha value is -3.53. The van der Waals surface area contributed by atoms with E-state index in [9.17, 15) is 4.79 Å². The van der Waals surface area contributed by atoms with Gasteiger partial charge in [0, 0.05) is 10.9 Å². The Bertz CT molecular complexity index is 1270. The lowest BCUT2D eigenvalue weighted by atomic mass is 10.0. The van der Waals surface area contributed by atoms with Crippen molar-refractivity contribution in [2.75, 3.05) is 6.61 Å². The zero-order valence-electron chi connectivity index (χ0n) is 22.8. The summed E-state index contributed by atoms with van der Waals surface area (Å²) in [7, 11) is 0. The first-order valence-electron chi connectivity index (χ1n) is 14.2. The molecule has 38 heavy (non-hydrogen) atoms. The number of esters is 1. The number of furan rings is 1. The molecule has 0 radical (unpaired) electrons. The summed E-state index contributed by atoms with van der Waals surface area (Å²) in [5.41, 5.74) is 3.63. The topological polar surface area (TPSA) is 48.7 Å². The second-order valence-corrected chi connectivity index (χ2v) is 9.99. The van der Waals surface area contributed by atoms with Crippen molar-refractivity contribution in [1.29, 1.82) is 0 Å². The minimum Gasteiger partial charge on any atom is -0.494 e. The van der Waals surface area contributed by atoms with Gasteiger partial charge in [-0.25, -0.2) is 4.79 Å². The number of hydrogen-bond donors (Lipinski definition) is 0. The maximum atomic E-state index is 12.8. The minimum atomic E-state index is -0.397. The van der Waals surface area contributed by atoms with Crippen LogP contribution >= 0.6 is 0 Å². The molecule has 0 amide bonds. The summed E-state index contributed by atoms with van der Waals surface area (Å²) in [5, 5.41) is 0.876. The molecule has 1 heterocycles. The van der Waals surface area contributed by atoms with Crippen LogP contribution in [0.1, 0.15) is 87.6 Å². The highest BCUT2D eigenvalue weighted by molar-refractivity contribution is 5.96. The number of aryl methyl sites for hydroxylation is 1. The van der Waals surface area contributed by atoms with E-state index in [2.05, 4.69) is 38.1 Å². The smallest absolute Gasteiger partial charge is 0.343 e. The molecule has 3 aromatic carbocycles. The van der Waals surface area contributed by atoms with Gasteiger partial charge in [-0.3, -0.25) is 0 Å². The van der Waals surface area contributed by atoms with Gasteiger partial charge in [-0.1, -0.05) is 83.1 Å². The van der Waals surface area contributed by atoms with Gasteiger partial charge in [-0.05, 0) is 73.4 Å². The van der Waals surface area contributed by atoms with Gasteiger partial charge in [0.05, 0.1) is 12.2 Å². The molecule has 0 fully saturated rings. The fourth-order valence-electron chi connectivity index (χ4n) is 4.57. The number of hydrogen-bond acceptors (Lipinski definition) is 4. The largest absolute Gasteiger partial charge is 0.494 e. The minimum absolute atomic E-state index is 0.397. The monoisotopic (exact) mass is 512 g/mol. The fraction of sp³-hybridized carbons (Fsp3) is 0.382. The summed E-state index contributed by atoms with van der Waals surface area (Å²) in [6.07, 6.45) is 12.2. The third kappa shape index (κ3) is 7.98. The predicted octanol–water partition coefficient (Wildman–Crippen LogP) is 9.79. The van der Waals surface area contributed by atoms with Crippen LogP contribution < -0.4 is 9.47 Å². The second kappa shape index (κ2) is 14.4. The zero-order chi connectivity index (χ0) is 26.6. The first kappa shape index (κ1) is 27.5. The summed E-state index contributed by atoms with van der Waals surface area (Å²) >= 11 is 0. The second-order valence-electron chi connectivity index (χ2n) is 9.99. The summed E-state index contributed by atoms with van der Waals surface area (Å²) in [4.78, 5) is 12.8. The van der Waals surface area contributed by atoms with E-state index in [1.54, 1.807) is 18.2 Å². The van der Waals surface area contributed by atoms with Gasteiger partial charge in [-0.2, -0.15) is 0 Å². The average molecular weight is 513 g/mol. The molecule has 0 aliphatic heterocycles. The summed E-state index contributed by atoms with van der Waals surface area (Å²) in [6.45, 7) is 5.15. The Balaban J connectivity index is 1.33. The Morgan fingerprint density at radius 3 is 2.13 bits per heavy atom. The van der Waals surface area contributed by atoms with Crippen LogP contribution in [0.5, 0.6) is 11.5 Å². The molecule has 0 atom stereocenters. The molecular weight excluding hydrogens is 472 g/mol. The molecule has 0 N–H and O–H groups in total. The molecule has 4 aromatic rings. The predicted molar refractivity (Wildman–Crippen MR) is 155 cm³/mol. The van der Waals surface area contributed by atoms with Crippen molar-refractivity contribution in [3.63, 3.8) is 0 Å². The van der Waals surface area contributed by atoms with Crippen molar-refractivity contribution in [3.8, 4) is 22.8 Å². The van der Waals surface area contributed by atoms with Crippen molar-refractivity contribution in [1.82, 2.24) is 0 Å². The van der Waals surface area contributed by atoms with Gasteiger partial charge in [0.25, 0.3) is 0 Å². The molecule has 0 aliphatic carbocycles. The molecule has 1 aromatic heterocycles. The summed E-state index contributed by atoms with van der Waals surface area (Å²) in [6, 6.07) is 23.2. The molecular formula is C34H40O4. The molecule has 0 unspecified atom stereocenters. The highest BCUT2D eigenvalue weighted by atomic mass is 16.5. The summed E-state index contributed by atoms with van der Waals surface area (Å²) in [5.74, 6) is 1.68. The molecule has 4 heteroatoms. The lowest BCUT2D eigenvalue weighted by molar-refractivity contribution is 0.0734. The number of benzene rings is 3. The van der Waals surface area contributed by atoms with Gasteiger partial charge in [0.15, 0.2) is 0 Å². The highest BCUT2D eigenvalue weighted by Gasteiger charge is 2.13. The van der Waals surface area contributed by atoms with E-state index in [0.29, 0.717) is 17.9 Å². The van der Waals surface area contributed by atoms with Crippen molar-refractivity contribution < 1.29 is 18.7 Å². The molecule has 0 aliphatic rings. The molecule has 0 spiro atoms. The first-order valence-corrected chi connectivity index (χ1v) is 14.2. The lowest BCUT2D eigenvalue weighted by Crippen LogP contribution is -2.08. The maximum absolute atomic E-state index is 12.8.